The highest BCUT2D eigenvalue weighted by atomic mass is 32.1. The average molecular weight is 550 g/mol. The Balaban J connectivity index is 1.38. The molecule has 3 aromatic rings. The number of aryl methyl sites for hydroxylation is 1. The van der Waals surface area contributed by atoms with Gasteiger partial charge in [0.25, 0.3) is 0 Å². The fourth-order valence-electron chi connectivity index (χ4n) is 5.47. The fraction of sp³-hybridized carbons (Fsp3) is 0.464. The van der Waals surface area contributed by atoms with Crippen LogP contribution in [0.3, 0.4) is 0 Å². The van der Waals surface area contributed by atoms with Crippen LogP contribution < -0.4 is 11.1 Å². The molecule has 3 amide bonds. The molecule has 11 heteroatoms. The van der Waals surface area contributed by atoms with Gasteiger partial charge in [-0.25, -0.2) is 9.97 Å². The van der Waals surface area contributed by atoms with Gasteiger partial charge in [-0.15, -0.1) is 11.3 Å². The third-order valence-electron chi connectivity index (χ3n) is 7.76. The molecule has 1 unspecified atom stereocenters. The smallest absolute Gasteiger partial charge is 0.313 e. The van der Waals surface area contributed by atoms with Crippen molar-refractivity contribution in [2.75, 3.05) is 44.8 Å². The number of nitrogens with zero attached hydrogens (tertiary/aromatic N) is 5. The number of piperidine rings is 1. The lowest BCUT2D eigenvalue weighted by Gasteiger charge is -2.38. The molecule has 10 nitrogen and oxygen atoms in total. The largest absolute Gasteiger partial charge is 0.383 e. The number of carbonyl (C=O) groups is 3. The first kappa shape index (κ1) is 27.0. The van der Waals surface area contributed by atoms with Crippen molar-refractivity contribution >= 4 is 50.8 Å². The number of rotatable bonds is 4. The van der Waals surface area contributed by atoms with Crippen molar-refractivity contribution in [3.05, 3.63) is 46.6 Å². The third kappa shape index (κ3) is 5.46. The molecular formula is C28H35N7O3S. The van der Waals surface area contributed by atoms with E-state index in [1.54, 1.807) is 27.2 Å². The quantitative estimate of drug-likeness (QED) is 0.479. The molecule has 0 radical (unpaired) electrons. The standard InChI is InChI=1S/C28H35N7O3S/c1-5-17-10-19(12-30-25(17)29)31-26(37)28(38)35-13-16(2)6-8-21(35)18-7-9-23-20(11-18)32-27(39-23)22-14-33(3)15-24(36)34(22)4/h7,9-12,16,21-22H,5-6,8,13-15H2,1-4H3,(H2,29,30)(H,31,37)/t16-,21+,22?/m0/s1. The molecule has 2 fully saturated rings. The molecule has 1 aromatic carbocycles. The summed E-state index contributed by atoms with van der Waals surface area (Å²) in [6.07, 6.45) is 3.86. The molecule has 3 atom stereocenters. The number of nitrogens with two attached hydrogens (primary N) is 1. The molecule has 206 valence electrons. The second kappa shape index (κ2) is 10.9. The minimum Gasteiger partial charge on any atom is -0.383 e. The summed E-state index contributed by atoms with van der Waals surface area (Å²) in [5, 5.41) is 3.61. The SMILES string of the molecule is CCc1cc(NC(=O)C(=O)N2C[C@@H](C)CC[C@@H]2c2ccc3sc(C4CN(C)CC(=O)N4C)nc3c2)cnc1N. The van der Waals surface area contributed by atoms with Gasteiger partial charge in [-0.3, -0.25) is 19.3 Å². The molecule has 2 saturated heterocycles. The molecule has 5 rings (SSSR count). The monoisotopic (exact) mass is 549 g/mol. The molecule has 0 saturated carbocycles. The van der Waals surface area contributed by atoms with Crippen molar-refractivity contribution in [2.45, 2.75) is 45.2 Å². The number of hydrogen-bond donors (Lipinski definition) is 2. The Hall–Kier alpha value is -3.57. The van der Waals surface area contributed by atoms with Gasteiger partial charge in [-0.2, -0.15) is 0 Å². The van der Waals surface area contributed by atoms with Crippen LogP contribution in [-0.2, 0) is 20.8 Å². The van der Waals surface area contributed by atoms with Crippen LogP contribution in [0, 0.1) is 5.92 Å². The minimum atomic E-state index is -0.686. The van der Waals surface area contributed by atoms with Gasteiger partial charge in [-0.1, -0.05) is 19.9 Å². The molecule has 3 N–H and O–H groups in total. The Morgan fingerprint density at radius 2 is 1.95 bits per heavy atom. The van der Waals surface area contributed by atoms with Gasteiger partial charge in [0.2, 0.25) is 5.91 Å². The van der Waals surface area contributed by atoms with Crippen LogP contribution in [0.4, 0.5) is 11.5 Å². The van der Waals surface area contributed by atoms with Crippen molar-refractivity contribution < 1.29 is 14.4 Å². The minimum absolute atomic E-state index is 0.0816. The van der Waals surface area contributed by atoms with Crippen LogP contribution in [0.15, 0.2) is 30.5 Å². The topological polar surface area (TPSA) is 125 Å². The van der Waals surface area contributed by atoms with E-state index in [0.717, 1.165) is 45.7 Å². The second-order valence-electron chi connectivity index (χ2n) is 10.7. The van der Waals surface area contributed by atoms with E-state index < -0.39 is 11.8 Å². The van der Waals surface area contributed by atoms with Crippen LogP contribution in [0.5, 0.6) is 0 Å². The van der Waals surface area contributed by atoms with Crippen molar-refractivity contribution in [1.29, 1.82) is 0 Å². The zero-order valence-electron chi connectivity index (χ0n) is 22.8. The number of carbonyl (C=O) groups excluding carboxylic acids is 3. The Morgan fingerprint density at radius 3 is 2.72 bits per heavy atom. The number of thiazole rings is 1. The van der Waals surface area contributed by atoms with E-state index in [1.165, 1.54) is 6.20 Å². The van der Waals surface area contributed by atoms with E-state index in [9.17, 15) is 14.4 Å². The fourth-order valence-corrected chi connectivity index (χ4v) is 6.55. The van der Waals surface area contributed by atoms with E-state index in [-0.39, 0.29) is 23.9 Å². The average Bonchev–Trinajstić information content (AvgIpc) is 3.34. The molecule has 2 aromatic heterocycles. The van der Waals surface area contributed by atoms with Crippen molar-refractivity contribution in [3.8, 4) is 0 Å². The van der Waals surface area contributed by atoms with Gasteiger partial charge < -0.3 is 20.9 Å². The number of nitrogens with one attached hydrogen (secondary N) is 1. The zero-order valence-corrected chi connectivity index (χ0v) is 23.6. The van der Waals surface area contributed by atoms with E-state index in [4.69, 9.17) is 10.7 Å². The van der Waals surface area contributed by atoms with Gasteiger partial charge >= 0.3 is 11.8 Å². The number of piperazine rings is 1. The number of benzene rings is 1. The number of amides is 3. The zero-order chi connectivity index (χ0) is 27.8. The second-order valence-corrected chi connectivity index (χ2v) is 11.8. The highest BCUT2D eigenvalue weighted by Gasteiger charge is 2.35. The predicted octanol–water partition coefficient (Wildman–Crippen LogP) is 3.22. The first-order chi connectivity index (χ1) is 18.6. The normalized spacial score (nSPS) is 22.4. The summed E-state index contributed by atoms with van der Waals surface area (Å²) in [6.45, 7) is 5.70. The molecule has 4 heterocycles. The predicted molar refractivity (Wildman–Crippen MR) is 152 cm³/mol. The first-order valence-corrected chi connectivity index (χ1v) is 14.2. The molecule has 2 aliphatic heterocycles. The van der Waals surface area contributed by atoms with E-state index >= 15 is 0 Å². The molecular weight excluding hydrogens is 514 g/mol. The Morgan fingerprint density at radius 1 is 1.15 bits per heavy atom. The number of likely N-dealkylation sites (tertiary alicyclic amines) is 1. The van der Waals surface area contributed by atoms with Gasteiger partial charge in [0, 0.05) is 20.1 Å². The maximum Gasteiger partial charge on any atom is 0.313 e. The molecule has 0 spiro atoms. The summed E-state index contributed by atoms with van der Waals surface area (Å²) >= 11 is 1.59. The van der Waals surface area contributed by atoms with E-state index in [1.807, 2.05) is 44.1 Å². The van der Waals surface area contributed by atoms with Crippen LogP contribution >= 0.6 is 11.3 Å². The lowest BCUT2D eigenvalue weighted by molar-refractivity contribution is -0.146. The number of pyridine rings is 1. The summed E-state index contributed by atoms with van der Waals surface area (Å²) in [4.78, 5) is 53.4. The number of fused-ring (bicyclic) bond motifs is 1. The van der Waals surface area contributed by atoms with E-state index in [2.05, 4.69) is 17.2 Å². The van der Waals surface area contributed by atoms with Gasteiger partial charge in [0.1, 0.15) is 10.8 Å². The lowest BCUT2D eigenvalue weighted by atomic mass is 9.89. The maximum absolute atomic E-state index is 13.4. The molecule has 39 heavy (non-hydrogen) atoms. The van der Waals surface area contributed by atoms with Crippen LogP contribution in [0.2, 0.25) is 0 Å². The first-order valence-electron chi connectivity index (χ1n) is 13.4. The number of hydrogen-bond acceptors (Lipinski definition) is 8. The van der Waals surface area contributed by atoms with Crippen LogP contribution in [-0.4, -0.2) is 76.1 Å². The molecule has 0 aliphatic carbocycles. The summed E-state index contributed by atoms with van der Waals surface area (Å²) in [5.41, 5.74) is 8.96. The Kier molecular flexibility index (Phi) is 7.55. The van der Waals surface area contributed by atoms with Crippen molar-refractivity contribution in [2.24, 2.45) is 5.92 Å². The summed E-state index contributed by atoms with van der Waals surface area (Å²) in [5.74, 6) is -0.465. The lowest BCUT2D eigenvalue weighted by Crippen LogP contribution is -2.48. The number of likely N-dealkylation sites (N-methyl/N-ethyl adjacent to an activating group) is 2. The maximum atomic E-state index is 13.4. The van der Waals surface area contributed by atoms with Crippen molar-refractivity contribution in [1.82, 2.24) is 24.7 Å². The van der Waals surface area contributed by atoms with Crippen LogP contribution in [0.1, 0.15) is 54.9 Å². The van der Waals surface area contributed by atoms with Crippen LogP contribution in [0.25, 0.3) is 10.2 Å². The van der Waals surface area contributed by atoms with Gasteiger partial charge in [-0.05, 0) is 61.6 Å². The number of nitrogen functional groups attached to an aromatic ring is 1. The summed E-state index contributed by atoms with van der Waals surface area (Å²) < 4.78 is 1.03. The summed E-state index contributed by atoms with van der Waals surface area (Å²) in [7, 11) is 3.78. The van der Waals surface area contributed by atoms with Gasteiger partial charge in [0.15, 0.2) is 0 Å². The highest BCUT2D eigenvalue weighted by Crippen LogP contribution is 2.37. The van der Waals surface area contributed by atoms with Crippen molar-refractivity contribution in [3.63, 3.8) is 0 Å². The molecule has 2 aliphatic rings. The van der Waals surface area contributed by atoms with E-state index in [0.29, 0.717) is 31.0 Å². The Bertz CT molecular complexity index is 1420. The Labute approximate surface area is 232 Å². The number of anilines is 2. The van der Waals surface area contributed by atoms with Gasteiger partial charge in [0.05, 0.1) is 40.7 Å². The molecule has 0 bridgehead atoms. The number of aromatic nitrogens is 2. The highest BCUT2D eigenvalue weighted by molar-refractivity contribution is 7.18. The third-order valence-corrected chi connectivity index (χ3v) is 8.90. The summed E-state index contributed by atoms with van der Waals surface area (Å²) in [6, 6.07) is 7.53.